The van der Waals surface area contributed by atoms with Crippen molar-refractivity contribution in [2.75, 3.05) is 0 Å². The van der Waals surface area contributed by atoms with Gasteiger partial charge >= 0.3 is 0 Å². The molecule has 0 bridgehead atoms. The summed E-state index contributed by atoms with van der Waals surface area (Å²) >= 11 is 3.40. The molecule has 0 spiro atoms. The molecule has 0 aliphatic heterocycles. The summed E-state index contributed by atoms with van der Waals surface area (Å²) in [5.41, 5.74) is 6.48. The molecule has 0 saturated carbocycles. The maximum absolute atomic E-state index is 11.0. The Kier molecular flexibility index (Phi) is 5.00. The molecular weight excluding hydrogens is 266 g/mol. The SMILES string of the molecule is CC(C)CC(CC(N)=O)c1ccc(Br)cc1. The summed E-state index contributed by atoms with van der Waals surface area (Å²) in [6, 6.07) is 8.12. The Morgan fingerprint density at radius 1 is 1.31 bits per heavy atom. The zero-order valence-electron chi connectivity index (χ0n) is 9.74. The van der Waals surface area contributed by atoms with Gasteiger partial charge in [-0.1, -0.05) is 41.9 Å². The number of rotatable bonds is 5. The molecule has 88 valence electrons. The molecule has 0 fully saturated rings. The van der Waals surface area contributed by atoms with Crippen molar-refractivity contribution in [1.82, 2.24) is 0 Å². The molecular formula is C13H18BrNO. The number of carbonyl (C=O) groups is 1. The van der Waals surface area contributed by atoms with Gasteiger partial charge in [0.2, 0.25) is 5.91 Å². The molecule has 16 heavy (non-hydrogen) atoms. The fourth-order valence-corrected chi connectivity index (χ4v) is 2.15. The number of hydrogen-bond acceptors (Lipinski definition) is 1. The van der Waals surface area contributed by atoms with Crippen LogP contribution < -0.4 is 5.73 Å². The minimum Gasteiger partial charge on any atom is -0.370 e. The maximum atomic E-state index is 11.0. The lowest BCUT2D eigenvalue weighted by Crippen LogP contribution is -2.16. The van der Waals surface area contributed by atoms with Crippen LogP contribution in [0.5, 0.6) is 0 Å². The van der Waals surface area contributed by atoms with Gasteiger partial charge in [-0.2, -0.15) is 0 Å². The molecule has 1 amide bonds. The van der Waals surface area contributed by atoms with E-state index in [1.165, 1.54) is 5.56 Å². The van der Waals surface area contributed by atoms with E-state index in [-0.39, 0.29) is 11.8 Å². The largest absolute Gasteiger partial charge is 0.370 e. The van der Waals surface area contributed by atoms with E-state index in [2.05, 4.69) is 41.9 Å². The third-order valence-corrected chi connectivity index (χ3v) is 3.07. The van der Waals surface area contributed by atoms with E-state index in [0.717, 1.165) is 10.9 Å². The van der Waals surface area contributed by atoms with E-state index >= 15 is 0 Å². The summed E-state index contributed by atoms with van der Waals surface area (Å²) in [7, 11) is 0. The minimum absolute atomic E-state index is 0.228. The van der Waals surface area contributed by atoms with E-state index in [4.69, 9.17) is 5.73 Å². The summed E-state index contributed by atoms with van der Waals surface area (Å²) in [5.74, 6) is 0.576. The Labute approximate surface area is 105 Å². The molecule has 1 unspecified atom stereocenters. The van der Waals surface area contributed by atoms with Crippen LogP contribution in [0.2, 0.25) is 0 Å². The molecule has 3 heteroatoms. The summed E-state index contributed by atoms with van der Waals surface area (Å²) in [4.78, 5) is 11.0. The second-order valence-corrected chi connectivity index (χ2v) is 5.46. The van der Waals surface area contributed by atoms with Gasteiger partial charge in [-0.25, -0.2) is 0 Å². The predicted molar refractivity (Wildman–Crippen MR) is 70.1 cm³/mol. The Morgan fingerprint density at radius 2 is 1.88 bits per heavy atom. The van der Waals surface area contributed by atoms with Gasteiger partial charge in [-0.3, -0.25) is 4.79 Å². The first-order chi connectivity index (χ1) is 7.49. The number of amides is 1. The summed E-state index contributed by atoms with van der Waals surface area (Å²) in [6.07, 6.45) is 1.42. The Balaban J connectivity index is 2.82. The topological polar surface area (TPSA) is 43.1 Å². The van der Waals surface area contributed by atoms with E-state index < -0.39 is 0 Å². The Bertz CT molecular complexity index is 345. The monoisotopic (exact) mass is 283 g/mol. The van der Waals surface area contributed by atoms with Crippen LogP contribution in [0.25, 0.3) is 0 Å². The number of nitrogens with two attached hydrogens (primary N) is 1. The highest BCUT2D eigenvalue weighted by Crippen LogP contribution is 2.27. The molecule has 0 aliphatic rings. The van der Waals surface area contributed by atoms with Crippen LogP contribution in [-0.4, -0.2) is 5.91 Å². The van der Waals surface area contributed by atoms with Crippen LogP contribution in [0.1, 0.15) is 38.2 Å². The normalized spacial score (nSPS) is 12.8. The van der Waals surface area contributed by atoms with E-state index in [0.29, 0.717) is 12.3 Å². The first-order valence-corrected chi connectivity index (χ1v) is 6.32. The lowest BCUT2D eigenvalue weighted by molar-refractivity contribution is -0.118. The minimum atomic E-state index is -0.228. The van der Waals surface area contributed by atoms with E-state index in [1.54, 1.807) is 0 Å². The second-order valence-electron chi connectivity index (χ2n) is 4.55. The highest BCUT2D eigenvalue weighted by Gasteiger charge is 2.15. The van der Waals surface area contributed by atoms with Crippen LogP contribution in [0.4, 0.5) is 0 Å². The summed E-state index contributed by atoms with van der Waals surface area (Å²) in [5, 5.41) is 0. The first-order valence-electron chi connectivity index (χ1n) is 5.52. The second kappa shape index (κ2) is 6.04. The van der Waals surface area contributed by atoms with Gasteiger partial charge in [0.1, 0.15) is 0 Å². The standard InChI is InChI=1S/C13H18BrNO/c1-9(2)7-11(8-13(15)16)10-3-5-12(14)6-4-10/h3-6,9,11H,7-8H2,1-2H3,(H2,15,16). The highest BCUT2D eigenvalue weighted by molar-refractivity contribution is 9.10. The van der Waals surface area contributed by atoms with Gasteiger partial charge in [0.15, 0.2) is 0 Å². The van der Waals surface area contributed by atoms with Crippen molar-refractivity contribution in [3.8, 4) is 0 Å². The van der Waals surface area contributed by atoms with Crippen molar-refractivity contribution >= 4 is 21.8 Å². The van der Waals surface area contributed by atoms with Crippen molar-refractivity contribution < 1.29 is 4.79 Å². The Hall–Kier alpha value is -0.830. The fraction of sp³-hybridized carbons (Fsp3) is 0.462. The third kappa shape index (κ3) is 4.35. The van der Waals surface area contributed by atoms with Crippen molar-refractivity contribution in [1.29, 1.82) is 0 Å². The Morgan fingerprint density at radius 3 is 2.31 bits per heavy atom. The third-order valence-electron chi connectivity index (χ3n) is 2.54. The molecule has 0 heterocycles. The molecule has 2 N–H and O–H groups in total. The van der Waals surface area contributed by atoms with Gasteiger partial charge in [-0.15, -0.1) is 0 Å². The zero-order chi connectivity index (χ0) is 12.1. The van der Waals surface area contributed by atoms with Gasteiger partial charge in [0.25, 0.3) is 0 Å². The van der Waals surface area contributed by atoms with E-state index in [9.17, 15) is 4.79 Å². The molecule has 1 aromatic carbocycles. The van der Waals surface area contributed by atoms with Gasteiger partial charge in [-0.05, 0) is 36.0 Å². The van der Waals surface area contributed by atoms with Crippen molar-refractivity contribution in [3.05, 3.63) is 34.3 Å². The van der Waals surface area contributed by atoms with Crippen molar-refractivity contribution in [3.63, 3.8) is 0 Å². The number of benzene rings is 1. The van der Waals surface area contributed by atoms with Gasteiger partial charge in [0.05, 0.1) is 0 Å². The van der Waals surface area contributed by atoms with Gasteiger partial charge in [0, 0.05) is 10.9 Å². The lowest BCUT2D eigenvalue weighted by atomic mass is 9.88. The average Bonchev–Trinajstić information content (AvgIpc) is 2.16. The number of carbonyl (C=O) groups excluding carboxylic acids is 1. The predicted octanol–water partition coefficient (Wildman–Crippen LogP) is 3.45. The molecule has 0 saturated heterocycles. The lowest BCUT2D eigenvalue weighted by Gasteiger charge is -2.18. The van der Waals surface area contributed by atoms with Crippen LogP contribution in [0.15, 0.2) is 28.7 Å². The smallest absolute Gasteiger partial charge is 0.218 e. The molecule has 2 nitrogen and oxygen atoms in total. The molecule has 0 radical (unpaired) electrons. The quantitative estimate of drug-likeness (QED) is 0.884. The highest BCUT2D eigenvalue weighted by atomic mass is 79.9. The van der Waals surface area contributed by atoms with Crippen molar-refractivity contribution in [2.24, 2.45) is 11.7 Å². The van der Waals surface area contributed by atoms with Crippen LogP contribution in [0.3, 0.4) is 0 Å². The molecule has 0 aromatic heterocycles. The van der Waals surface area contributed by atoms with Crippen molar-refractivity contribution in [2.45, 2.75) is 32.6 Å². The van der Waals surface area contributed by atoms with Gasteiger partial charge < -0.3 is 5.73 Å². The maximum Gasteiger partial charge on any atom is 0.218 e. The van der Waals surface area contributed by atoms with Crippen LogP contribution in [0, 0.1) is 5.92 Å². The average molecular weight is 284 g/mol. The molecule has 1 atom stereocenters. The number of hydrogen-bond donors (Lipinski definition) is 1. The van der Waals surface area contributed by atoms with Crippen LogP contribution >= 0.6 is 15.9 Å². The summed E-state index contributed by atoms with van der Waals surface area (Å²) < 4.78 is 1.05. The van der Waals surface area contributed by atoms with E-state index in [1.807, 2.05) is 12.1 Å². The molecule has 0 aliphatic carbocycles. The first kappa shape index (κ1) is 13.2. The molecule has 1 rings (SSSR count). The number of halogens is 1. The molecule has 1 aromatic rings. The fourth-order valence-electron chi connectivity index (χ4n) is 1.88. The number of primary amides is 1. The zero-order valence-corrected chi connectivity index (χ0v) is 11.3. The summed E-state index contributed by atoms with van der Waals surface area (Å²) in [6.45, 7) is 4.32. The van der Waals surface area contributed by atoms with Crippen LogP contribution in [-0.2, 0) is 4.79 Å².